The maximum absolute atomic E-state index is 13.4. The fourth-order valence-corrected chi connectivity index (χ4v) is 2.67. The molecule has 9 heteroatoms. The van der Waals surface area contributed by atoms with Crippen molar-refractivity contribution in [3.8, 4) is 5.75 Å². The van der Waals surface area contributed by atoms with E-state index in [1.807, 2.05) is 0 Å². The maximum atomic E-state index is 13.4. The van der Waals surface area contributed by atoms with Crippen molar-refractivity contribution in [3.05, 3.63) is 40.1 Å². The van der Waals surface area contributed by atoms with Crippen LogP contribution in [0.15, 0.2) is 34.3 Å². The molecule has 1 aliphatic rings. The summed E-state index contributed by atoms with van der Waals surface area (Å²) in [6.07, 6.45) is -2.27. The molecular formula is C16H18BrFN2O5. The molecule has 0 spiro atoms. The van der Waals surface area contributed by atoms with E-state index >= 15 is 0 Å². The van der Waals surface area contributed by atoms with Crippen LogP contribution >= 0.6 is 15.9 Å². The van der Waals surface area contributed by atoms with E-state index in [4.69, 9.17) is 10.5 Å². The molecule has 3 unspecified atom stereocenters. The molecule has 25 heavy (non-hydrogen) atoms. The molecule has 1 aliphatic carbocycles. The second-order valence-corrected chi connectivity index (χ2v) is 6.44. The van der Waals surface area contributed by atoms with E-state index in [-0.39, 0.29) is 30.7 Å². The van der Waals surface area contributed by atoms with Gasteiger partial charge in [-0.1, -0.05) is 0 Å². The van der Waals surface area contributed by atoms with Gasteiger partial charge in [0.1, 0.15) is 23.8 Å². The summed E-state index contributed by atoms with van der Waals surface area (Å²) in [5, 5.41) is 22.6. The third-order valence-electron chi connectivity index (χ3n) is 3.63. The summed E-state index contributed by atoms with van der Waals surface area (Å²) >= 11 is 3.20. The van der Waals surface area contributed by atoms with Crippen LogP contribution in [0.4, 0.5) is 4.39 Å². The molecule has 7 nitrogen and oxygen atoms in total. The molecule has 0 fully saturated rings. The van der Waals surface area contributed by atoms with Gasteiger partial charge in [0.05, 0.1) is 10.6 Å². The Labute approximate surface area is 151 Å². The summed E-state index contributed by atoms with van der Waals surface area (Å²) in [7, 11) is 0. The van der Waals surface area contributed by atoms with Crippen LogP contribution in [0.25, 0.3) is 0 Å². The number of aliphatic hydroxyl groups is 2. The van der Waals surface area contributed by atoms with Crippen molar-refractivity contribution in [1.82, 2.24) is 5.32 Å². The molecule has 136 valence electrons. The largest absolute Gasteiger partial charge is 0.482 e. The molecule has 0 aromatic heterocycles. The van der Waals surface area contributed by atoms with Crippen LogP contribution in [0, 0.1) is 5.82 Å². The van der Waals surface area contributed by atoms with Crippen molar-refractivity contribution in [2.75, 3.05) is 6.54 Å². The molecule has 2 rings (SSSR count). The van der Waals surface area contributed by atoms with E-state index in [0.29, 0.717) is 4.47 Å². The minimum absolute atomic E-state index is 0.0135. The summed E-state index contributed by atoms with van der Waals surface area (Å²) in [5.74, 6) is -1.45. The van der Waals surface area contributed by atoms with Crippen molar-refractivity contribution in [2.24, 2.45) is 5.73 Å². The Morgan fingerprint density at radius 1 is 1.40 bits per heavy atom. The Hall–Kier alpha value is -1.97. The fraction of sp³-hybridized carbons (Fsp3) is 0.375. The predicted octanol–water partition coefficient (Wildman–Crippen LogP) is 0.379. The van der Waals surface area contributed by atoms with Gasteiger partial charge in [0.2, 0.25) is 11.8 Å². The SMILES string of the molecule is NC(=O)CCNC(=O)C1=CC(Oc2cc(F)ccc2Br)C(O)C(O)C1. The molecule has 0 bridgehead atoms. The summed E-state index contributed by atoms with van der Waals surface area (Å²) in [6.45, 7) is 0.0606. The Kier molecular flexibility index (Phi) is 6.51. The normalized spacial score (nSPS) is 22.9. The highest BCUT2D eigenvalue weighted by Gasteiger charge is 2.34. The van der Waals surface area contributed by atoms with Crippen LogP contribution in [0.5, 0.6) is 5.75 Å². The predicted molar refractivity (Wildman–Crippen MR) is 90.1 cm³/mol. The number of nitrogens with one attached hydrogen (secondary N) is 1. The molecule has 5 N–H and O–H groups in total. The second-order valence-electron chi connectivity index (χ2n) is 5.58. The molecule has 0 saturated carbocycles. The fourth-order valence-electron chi connectivity index (χ4n) is 2.33. The maximum Gasteiger partial charge on any atom is 0.247 e. The zero-order chi connectivity index (χ0) is 18.6. The van der Waals surface area contributed by atoms with Crippen molar-refractivity contribution in [1.29, 1.82) is 0 Å². The summed E-state index contributed by atoms with van der Waals surface area (Å²) in [5.41, 5.74) is 5.19. The number of nitrogens with two attached hydrogens (primary N) is 1. The monoisotopic (exact) mass is 416 g/mol. The number of amides is 2. The number of primary amides is 1. The Morgan fingerprint density at radius 2 is 2.12 bits per heavy atom. The minimum atomic E-state index is -1.28. The molecule has 0 radical (unpaired) electrons. The number of hydrogen-bond acceptors (Lipinski definition) is 5. The van der Waals surface area contributed by atoms with Crippen molar-refractivity contribution in [3.63, 3.8) is 0 Å². The number of ether oxygens (including phenoxy) is 1. The number of benzene rings is 1. The highest BCUT2D eigenvalue weighted by atomic mass is 79.9. The third kappa shape index (κ3) is 5.25. The quantitative estimate of drug-likeness (QED) is 0.533. The van der Waals surface area contributed by atoms with Gasteiger partial charge in [-0.25, -0.2) is 4.39 Å². The van der Waals surface area contributed by atoms with E-state index in [0.717, 1.165) is 6.07 Å². The van der Waals surface area contributed by atoms with Crippen LogP contribution in [-0.4, -0.2) is 46.9 Å². The molecule has 0 saturated heterocycles. The zero-order valence-corrected chi connectivity index (χ0v) is 14.7. The number of halogens is 2. The lowest BCUT2D eigenvalue weighted by atomic mass is 9.91. The number of aliphatic hydroxyl groups excluding tert-OH is 2. The molecule has 1 aromatic carbocycles. The van der Waals surface area contributed by atoms with Gasteiger partial charge in [0.25, 0.3) is 0 Å². The number of rotatable bonds is 6. The van der Waals surface area contributed by atoms with E-state index in [9.17, 15) is 24.2 Å². The zero-order valence-electron chi connectivity index (χ0n) is 13.1. The lowest BCUT2D eigenvalue weighted by Crippen LogP contribution is -2.45. The van der Waals surface area contributed by atoms with Gasteiger partial charge < -0.3 is 26.0 Å². The smallest absolute Gasteiger partial charge is 0.247 e. The van der Waals surface area contributed by atoms with Gasteiger partial charge in [-0.2, -0.15) is 0 Å². The van der Waals surface area contributed by atoms with Crippen molar-refractivity contribution >= 4 is 27.7 Å². The second kappa shape index (κ2) is 8.41. The van der Waals surface area contributed by atoms with E-state index in [2.05, 4.69) is 21.2 Å². The Bertz CT molecular complexity index is 697. The number of carbonyl (C=O) groups excluding carboxylic acids is 2. The van der Waals surface area contributed by atoms with E-state index < -0.39 is 35.9 Å². The first kappa shape index (κ1) is 19.4. The molecular weight excluding hydrogens is 399 g/mol. The lowest BCUT2D eigenvalue weighted by Gasteiger charge is -2.31. The molecule has 1 aromatic rings. The van der Waals surface area contributed by atoms with Gasteiger partial charge in [-0.15, -0.1) is 0 Å². The Morgan fingerprint density at radius 3 is 2.80 bits per heavy atom. The van der Waals surface area contributed by atoms with Gasteiger partial charge in [0.15, 0.2) is 0 Å². The molecule has 0 heterocycles. The summed E-state index contributed by atoms with van der Waals surface area (Å²) < 4.78 is 19.4. The highest BCUT2D eigenvalue weighted by molar-refractivity contribution is 9.10. The van der Waals surface area contributed by atoms with Crippen LogP contribution in [0.2, 0.25) is 0 Å². The summed E-state index contributed by atoms with van der Waals surface area (Å²) in [4.78, 5) is 22.8. The number of hydrogen-bond donors (Lipinski definition) is 4. The van der Waals surface area contributed by atoms with Crippen LogP contribution < -0.4 is 15.8 Å². The third-order valence-corrected chi connectivity index (χ3v) is 4.29. The Balaban J connectivity index is 2.13. The summed E-state index contributed by atoms with van der Waals surface area (Å²) in [6, 6.07) is 3.80. The van der Waals surface area contributed by atoms with Gasteiger partial charge in [-0.3, -0.25) is 9.59 Å². The van der Waals surface area contributed by atoms with E-state index in [1.54, 1.807) is 0 Å². The topological polar surface area (TPSA) is 122 Å². The standard InChI is InChI=1S/C16H18BrFN2O5/c17-10-2-1-9(18)7-12(10)25-13-6-8(5-11(21)15(13)23)16(24)20-4-3-14(19)22/h1-2,6-7,11,13,15,21,23H,3-5H2,(H2,19,22)(H,20,24). The molecule has 2 amide bonds. The van der Waals surface area contributed by atoms with Gasteiger partial charge in [-0.05, 0) is 34.1 Å². The highest BCUT2D eigenvalue weighted by Crippen LogP contribution is 2.30. The first-order valence-corrected chi connectivity index (χ1v) is 8.32. The molecule has 3 atom stereocenters. The van der Waals surface area contributed by atoms with Crippen LogP contribution in [0.3, 0.4) is 0 Å². The van der Waals surface area contributed by atoms with Gasteiger partial charge >= 0.3 is 0 Å². The van der Waals surface area contributed by atoms with E-state index in [1.165, 1.54) is 18.2 Å². The van der Waals surface area contributed by atoms with Crippen molar-refractivity contribution < 1.29 is 28.9 Å². The molecule has 0 aliphatic heterocycles. The first-order valence-electron chi connectivity index (χ1n) is 7.53. The first-order chi connectivity index (χ1) is 11.8. The minimum Gasteiger partial charge on any atom is -0.482 e. The van der Waals surface area contributed by atoms with Crippen LogP contribution in [0.1, 0.15) is 12.8 Å². The average molecular weight is 417 g/mol. The number of carbonyl (C=O) groups is 2. The van der Waals surface area contributed by atoms with Crippen LogP contribution in [-0.2, 0) is 9.59 Å². The average Bonchev–Trinajstić information content (AvgIpc) is 2.54. The van der Waals surface area contributed by atoms with Crippen molar-refractivity contribution in [2.45, 2.75) is 31.2 Å². The lowest BCUT2D eigenvalue weighted by molar-refractivity contribution is -0.119. The van der Waals surface area contributed by atoms with Gasteiger partial charge in [0, 0.05) is 31.0 Å².